The maximum atomic E-state index is 11.9. The summed E-state index contributed by atoms with van der Waals surface area (Å²) in [5.41, 5.74) is 0. The minimum atomic E-state index is -0.334. The Kier molecular flexibility index (Phi) is 3.07. The van der Waals surface area contributed by atoms with Crippen LogP contribution >= 0.6 is 11.3 Å². The first kappa shape index (κ1) is 10.6. The van der Waals surface area contributed by atoms with Crippen molar-refractivity contribution in [2.24, 2.45) is 0 Å². The zero-order valence-electron chi connectivity index (χ0n) is 8.77. The summed E-state index contributed by atoms with van der Waals surface area (Å²) in [4.78, 5) is 15.7. The number of aryl methyl sites for hydroxylation is 1. The third-order valence-corrected chi connectivity index (χ3v) is 3.89. The van der Waals surface area contributed by atoms with Gasteiger partial charge < -0.3 is 10.0 Å². The van der Waals surface area contributed by atoms with Gasteiger partial charge in [-0.15, -0.1) is 11.3 Å². The van der Waals surface area contributed by atoms with Crippen molar-refractivity contribution < 1.29 is 9.90 Å². The topological polar surface area (TPSA) is 40.5 Å². The summed E-state index contributed by atoms with van der Waals surface area (Å²) < 4.78 is 0. The number of likely N-dealkylation sites (tertiary alicyclic amines) is 1. The monoisotopic (exact) mass is 225 g/mol. The molecule has 15 heavy (non-hydrogen) atoms. The summed E-state index contributed by atoms with van der Waals surface area (Å²) in [5, 5.41) is 9.36. The molecule has 0 unspecified atom stereocenters. The fourth-order valence-corrected chi connectivity index (χ4v) is 2.68. The summed E-state index contributed by atoms with van der Waals surface area (Å²) in [6, 6.07) is 3.89. The fourth-order valence-electron chi connectivity index (χ4n) is 1.76. The second kappa shape index (κ2) is 4.33. The van der Waals surface area contributed by atoms with Gasteiger partial charge >= 0.3 is 0 Å². The molecule has 1 aromatic heterocycles. The van der Waals surface area contributed by atoms with E-state index in [4.69, 9.17) is 0 Å². The van der Waals surface area contributed by atoms with Crippen LogP contribution in [0.2, 0.25) is 0 Å². The largest absolute Gasteiger partial charge is 0.391 e. The Morgan fingerprint density at radius 3 is 3.00 bits per heavy atom. The molecule has 0 spiro atoms. The summed E-state index contributed by atoms with van der Waals surface area (Å²) in [6.07, 6.45) is 1.35. The number of β-amino-alcohol motifs (C(OH)–C–C–N with tert-alkyl or cyclic N) is 1. The lowest BCUT2D eigenvalue weighted by Crippen LogP contribution is -2.28. The Morgan fingerprint density at radius 1 is 1.67 bits per heavy atom. The maximum Gasteiger partial charge on any atom is 0.264 e. The third kappa shape index (κ3) is 2.21. The van der Waals surface area contributed by atoms with Gasteiger partial charge in [0.1, 0.15) is 0 Å². The molecule has 1 aromatic rings. The maximum absolute atomic E-state index is 11.9. The quantitative estimate of drug-likeness (QED) is 0.829. The van der Waals surface area contributed by atoms with E-state index in [1.165, 1.54) is 4.88 Å². The summed E-state index contributed by atoms with van der Waals surface area (Å²) in [5.74, 6) is 0.0660. The molecule has 1 amide bonds. The molecule has 1 fully saturated rings. The van der Waals surface area contributed by atoms with E-state index in [1.54, 1.807) is 16.2 Å². The van der Waals surface area contributed by atoms with Gasteiger partial charge in [0, 0.05) is 18.0 Å². The zero-order valence-corrected chi connectivity index (χ0v) is 9.59. The lowest BCUT2D eigenvalue weighted by atomic mass is 10.3. The van der Waals surface area contributed by atoms with Gasteiger partial charge in [0.05, 0.1) is 11.0 Å². The van der Waals surface area contributed by atoms with Crippen LogP contribution in [0, 0.1) is 0 Å². The first-order valence-corrected chi connectivity index (χ1v) is 6.08. The second-order valence-electron chi connectivity index (χ2n) is 3.81. The molecule has 0 saturated carbocycles. The molecule has 4 heteroatoms. The van der Waals surface area contributed by atoms with E-state index in [9.17, 15) is 9.90 Å². The van der Waals surface area contributed by atoms with Gasteiger partial charge in [0.15, 0.2) is 0 Å². The smallest absolute Gasteiger partial charge is 0.264 e. The molecule has 82 valence electrons. The van der Waals surface area contributed by atoms with E-state index in [2.05, 4.69) is 6.92 Å². The minimum absolute atomic E-state index is 0.0660. The molecule has 0 aromatic carbocycles. The Labute approximate surface area is 93.3 Å². The molecule has 0 bridgehead atoms. The molecular weight excluding hydrogens is 210 g/mol. The standard InChI is InChI=1S/C11H15NO2S/c1-2-9-3-4-10(15-9)11(14)12-6-5-8(13)7-12/h3-4,8,13H,2,5-7H2,1H3/t8-/m1/s1. The van der Waals surface area contributed by atoms with E-state index < -0.39 is 0 Å². The lowest BCUT2D eigenvalue weighted by molar-refractivity contribution is 0.0769. The van der Waals surface area contributed by atoms with Gasteiger partial charge in [-0.25, -0.2) is 0 Å². The Hall–Kier alpha value is -0.870. The van der Waals surface area contributed by atoms with Crippen molar-refractivity contribution in [3.63, 3.8) is 0 Å². The number of hydrogen-bond donors (Lipinski definition) is 1. The predicted octanol–water partition coefficient (Wildman–Crippen LogP) is 1.52. The first-order valence-electron chi connectivity index (χ1n) is 5.26. The molecule has 1 saturated heterocycles. The highest BCUT2D eigenvalue weighted by atomic mass is 32.1. The number of carbonyl (C=O) groups is 1. The summed E-state index contributed by atoms with van der Waals surface area (Å²) in [7, 11) is 0. The van der Waals surface area contributed by atoms with E-state index in [0.717, 1.165) is 11.3 Å². The van der Waals surface area contributed by atoms with Crippen LogP contribution in [0.25, 0.3) is 0 Å². The van der Waals surface area contributed by atoms with Crippen LogP contribution in [-0.4, -0.2) is 35.1 Å². The average Bonchev–Trinajstić information content (AvgIpc) is 2.84. The molecule has 1 aliphatic heterocycles. The van der Waals surface area contributed by atoms with Crippen LogP contribution in [0.1, 0.15) is 27.9 Å². The number of amides is 1. The van der Waals surface area contributed by atoms with Crippen molar-refractivity contribution in [2.75, 3.05) is 13.1 Å². The van der Waals surface area contributed by atoms with Gasteiger partial charge in [-0.3, -0.25) is 4.79 Å². The van der Waals surface area contributed by atoms with Crippen molar-refractivity contribution in [3.05, 3.63) is 21.9 Å². The second-order valence-corrected chi connectivity index (χ2v) is 4.98. The van der Waals surface area contributed by atoms with E-state index in [0.29, 0.717) is 19.5 Å². The number of thiophene rings is 1. The Balaban J connectivity index is 2.07. The molecule has 1 N–H and O–H groups in total. The number of aliphatic hydroxyl groups is 1. The highest BCUT2D eigenvalue weighted by Gasteiger charge is 2.25. The van der Waals surface area contributed by atoms with Crippen LogP contribution in [0.3, 0.4) is 0 Å². The van der Waals surface area contributed by atoms with Crippen LogP contribution < -0.4 is 0 Å². The van der Waals surface area contributed by atoms with Crippen LogP contribution in [-0.2, 0) is 6.42 Å². The lowest BCUT2D eigenvalue weighted by Gasteiger charge is -2.13. The van der Waals surface area contributed by atoms with Crippen LogP contribution in [0.4, 0.5) is 0 Å². The van der Waals surface area contributed by atoms with E-state index in [-0.39, 0.29) is 12.0 Å². The van der Waals surface area contributed by atoms with Crippen LogP contribution in [0.15, 0.2) is 12.1 Å². The van der Waals surface area contributed by atoms with E-state index in [1.807, 2.05) is 12.1 Å². The van der Waals surface area contributed by atoms with Gasteiger partial charge in [-0.1, -0.05) is 6.92 Å². The van der Waals surface area contributed by atoms with Crippen LogP contribution in [0.5, 0.6) is 0 Å². The highest BCUT2D eigenvalue weighted by molar-refractivity contribution is 7.14. The molecule has 0 aliphatic carbocycles. The molecule has 2 heterocycles. The molecule has 3 nitrogen and oxygen atoms in total. The van der Waals surface area contributed by atoms with Crippen molar-refractivity contribution in [3.8, 4) is 0 Å². The molecule has 2 rings (SSSR count). The predicted molar refractivity (Wildman–Crippen MR) is 60.2 cm³/mol. The Morgan fingerprint density at radius 2 is 2.47 bits per heavy atom. The third-order valence-electron chi connectivity index (χ3n) is 2.67. The van der Waals surface area contributed by atoms with Gasteiger partial charge in [-0.05, 0) is 25.0 Å². The fraction of sp³-hybridized carbons (Fsp3) is 0.545. The number of nitrogens with zero attached hydrogens (tertiary/aromatic N) is 1. The number of hydrogen-bond acceptors (Lipinski definition) is 3. The Bertz CT molecular complexity index is 361. The molecule has 0 radical (unpaired) electrons. The summed E-state index contributed by atoms with van der Waals surface area (Å²) >= 11 is 1.56. The van der Waals surface area contributed by atoms with Gasteiger partial charge in [0.25, 0.3) is 5.91 Å². The molecule has 1 atom stereocenters. The van der Waals surface area contributed by atoms with Crippen molar-refractivity contribution in [1.82, 2.24) is 4.90 Å². The number of carbonyl (C=O) groups excluding carboxylic acids is 1. The SMILES string of the molecule is CCc1ccc(C(=O)N2CC[C@@H](O)C2)s1. The molecular formula is C11H15NO2S. The van der Waals surface area contributed by atoms with E-state index >= 15 is 0 Å². The van der Waals surface area contributed by atoms with Crippen molar-refractivity contribution >= 4 is 17.2 Å². The molecule has 1 aliphatic rings. The number of rotatable bonds is 2. The zero-order chi connectivity index (χ0) is 10.8. The van der Waals surface area contributed by atoms with Crippen molar-refractivity contribution in [1.29, 1.82) is 0 Å². The normalized spacial score (nSPS) is 20.9. The summed E-state index contributed by atoms with van der Waals surface area (Å²) in [6.45, 7) is 3.25. The van der Waals surface area contributed by atoms with Gasteiger partial charge in [-0.2, -0.15) is 0 Å². The average molecular weight is 225 g/mol. The van der Waals surface area contributed by atoms with Gasteiger partial charge in [0.2, 0.25) is 0 Å². The minimum Gasteiger partial charge on any atom is -0.391 e. The highest BCUT2D eigenvalue weighted by Crippen LogP contribution is 2.21. The number of aliphatic hydroxyl groups excluding tert-OH is 1. The van der Waals surface area contributed by atoms with Crippen molar-refractivity contribution in [2.45, 2.75) is 25.9 Å². The first-order chi connectivity index (χ1) is 7.20.